The van der Waals surface area contributed by atoms with Crippen LogP contribution < -0.4 is 5.73 Å². The van der Waals surface area contributed by atoms with Gasteiger partial charge < -0.3 is 15.1 Å². The van der Waals surface area contributed by atoms with Gasteiger partial charge in [-0.15, -0.1) is 0 Å². The Balaban J connectivity index is 2.21. The van der Waals surface area contributed by atoms with Crippen molar-refractivity contribution in [1.29, 1.82) is 0 Å². The molecule has 0 spiro atoms. The maximum atomic E-state index is 12.6. The largest absolute Gasteiger partial charge is 0.467 e. The Morgan fingerprint density at radius 1 is 1.33 bits per heavy atom. The van der Waals surface area contributed by atoms with Crippen molar-refractivity contribution in [1.82, 2.24) is 9.88 Å². The molecule has 0 aliphatic rings. The lowest BCUT2D eigenvalue weighted by Crippen LogP contribution is -2.38. The molecule has 112 valence electrons. The topological polar surface area (TPSA) is 72.4 Å². The number of nitrogen functional groups attached to an aromatic ring is 1. The SMILES string of the molecule is Nc1ccc(C(=O)N(Cc2ccco2)CC(F)(F)F)nc1. The van der Waals surface area contributed by atoms with Crippen molar-refractivity contribution >= 4 is 11.6 Å². The van der Waals surface area contributed by atoms with Crippen molar-refractivity contribution < 1.29 is 22.4 Å². The number of nitrogens with two attached hydrogens (primary N) is 1. The second kappa shape index (κ2) is 5.86. The average Bonchev–Trinajstić information content (AvgIpc) is 2.89. The monoisotopic (exact) mass is 299 g/mol. The normalized spacial score (nSPS) is 11.4. The summed E-state index contributed by atoms with van der Waals surface area (Å²) in [5.74, 6) is -0.591. The van der Waals surface area contributed by atoms with E-state index < -0.39 is 18.6 Å². The lowest BCUT2D eigenvalue weighted by atomic mass is 10.2. The molecular weight excluding hydrogens is 287 g/mol. The van der Waals surface area contributed by atoms with Crippen LogP contribution in [0.1, 0.15) is 16.2 Å². The standard InChI is InChI=1S/C13H12F3N3O2/c14-13(15,16)8-19(7-10-2-1-5-21-10)12(20)11-4-3-9(17)6-18-11/h1-6H,7-8,17H2. The summed E-state index contributed by atoms with van der Waals surface area (Å²) in [5.41, 5.74) is 5.64. The molecule has 0 aromatic carbocycles. The lowest BCUT2D eigenvalue weighted by Gasteiger charge is -2.22. The van der Waals surface area contributed by atoms with Crippen molar-refractivity contribution in [3.05, 3.63) is 48.2 Å². The Bertz CT molecular complexity index is 594. The van der Waals surface area contributed by atoms with Gasteiger partial charge in [0, 0.05) is 0 Å². The Morgan fingerprint density at radius 3 is 2.62 bits per heavy atom. The fourth-order valence-electron chi connectivity index (χ4n) is 1.70. The van der Waals surface area contributed by atoms with E-state index in [-0.39, 0.29) is 18.0 Å². The number of furan rings is 1. The van der Waals surface area contributed by atoms with Crippen molar-refractivity contribution in [3.8, 4) is 0 Å². The summed E-state index contributed by atoms with van der Waals surface area (Å²) in [6.45, 7) is -1.68. The molecule has 0 aliphatic heterocycles. The van der Waals surface area contributed by atoms with Gasteiger partial charge >= 0.3 is 6.18 Å². The van der Waals surface area contributed by atoms with Crippen LogP contribution in [0.3, 0.4) is 0 Å². The molecule has 0 saturated carbocycles. The molecule has 2 aromatic heterocycles. The third kappa shape index (κ3) is 4.23. The van der Waals surface area contributed by atoms with Crippen LogP contribution in [0.4, 0.5) is 18.9 Å². The fraction of sp³-hybridized carbons (Fsp3) is 0.231. The number of carbonyl (C=O) groups excluding carboxylic acids is 1. The summed E-state index contributed by atoms with van der Waals surface area (Å²) in [6, 6.07) is 5.71. The first-order valence-corrected chi connectivity index (χ1v) is 5.95. The number of amides is 1. The molecule has 0 saturated heterocycles. The van der Waals surface area contributed by atoms with E-state index in [4.69, 9.17) is 10.2 Å². The number of hydrogen-bond acceptors (Lipinski definition) is 4. The van der Waals surface area contributed by atoms with Gasteiger partial charge in [0.15, 0.2) is 0 Å². The molecule has 21 heavy (non-hydrogen) atoms. The number of rotatable bonds is 4. The lowest BCUT2D eigenvalue weighted by molar-refractivity contribution is -0.142. The maximum absolute atomic E-state index is 12.6. The predicted octanol–water partition coefficient (Wildman–Crippen LogP) is 2.46. The number of hydrogen-bond donors (Lipinski definition) is 1. The molecule has 2 heterocycles. The van der Waals surface area contributed by atoms with E-state index in [1.807, 2.05) is 0 Å². The molecule has 8 heteroatoms. The van der Waals surface area contributed by atoms with Gasteiger partial charge in [-0.05, 0) is 24.3 Å². The van der Waals surface area contributed by atoms with E-state index in [2.05, 4.69) is 4.98 Å². The molecule has 0 aliphatic carbocycles. The van der Waals surface area contributed by atoms with Crippen LogP contribution in [0, 0.1) is 0 Å². The molecule has 2 rings (SSSR count). The number of pyridine rings is 1. The zero-order valence-corrected chi connectivity index (χ0v) is 10.8. The van der Waals surface area contributed by atoms with Crippen molar-refractivity contribution in [2.45, 2.75) is 12.7 Å². The number of aromatic nitrogens is 1. The van der Waals surface area contributed by atoms with Crippen molar-refractivity contribution in [2.24, 2.45) is 0 Å². The highest BCUT2D eigenvalue weighted by Gasteiger charge is 2.34. The first kappa shape index (κ1) is 14.9. The zero-order valence-electron chi connectivity index (χ0n) is 10.8. The van der Waals surface area contributed by atoms with Crippen LogP contribution >= 0.6 is 0 Å². The number of alkyl halides is 3. The minimum atomic E-state index is -4.52. The van der Waals surface area contributed by atoms with Crippen LogP contribution in [0.5, 0.6) is 0 Å². The highest BCUT2D eigenvalue weighted by Crippen LogP contribution is 2.20. The maximum Gasteiger partial charge on any atom is 0.406 e. The summed E-state index contributed by atoms with van der Waals surface area (Å²) >= 11 is 0. The van der Waals surface area contributed by atoms with E-state index in [1.165, 1.54) is 36.7 Å². The quantitative estimate of drug-likeness (QED) is 0.941. The van der Waals surface area contributed by atoms with Gasteiger partial charge in [0.1, 0.15) is 18.0 Å². The molecule has 0 unspecified atom stereocenters. The first-order valence-electron chi connectivity index (χ1n) is 5.95. The second-order valence-corrected chi connectivity index (χ2v) is 4.33. The van der Waals surface area contributed by atoms with E-state index in [1.54, 1.807) is 0 Å². The summed E-state index contributed by atoms with van der Waals surface area (Å²) in [7, 11) is 0. The Kier molecular flexibility index (Phi) is 4.15. The van der Waals surface area contributed by atoms with Gasteiger partial charge in [-0.3, -0.25) is 4.79 Å². The van der Waals surface area contributed by atoms with Crippen LogP contribution in [0.25, 0.3) is 0 Å². The predicted molar refractivity (Wildman–Crippen MR) is 68.2 cm³/mol. The van der Waals surface area contributed by atoms with Gasteiger partial charge in [-0.2, -0.15) is 13.2 Å². The van der Waals surface area contributed by atoms with Gasteiger partial charge in [0.2, 0.25) is 0 Å². The van der Waals surface area contributed by atoms with Gasteiger partial charge in [0.25, 0.3) is 5.91 Å². The minimum absolute atomic E-state index is 0.111. The number of halogens is 3. The third-order valence-corrected chi connectivity index (χ3v) is 2.59. The average molecular weight is 299 g/mol. The van der Waals surface area contributed by atoms with E-state index in [9.17, 15) is 18.0 Å². The Hall–Kier alpha value is -2.51. The molecule has 5 nitrogen and oxygen atoms in total. The third-order valence-electron chi connectivity index (χ3n) is 2.59. The molecule has 0 radical (unpaired) electrons. The van der Waals surface area contributed by atoms with E-state index in [0.717, 1.165) is 0 Å². The zero-order chi connectivity index (χ0) is 15.5. The van der Waals surface area contributed by atoms with Crippen LogP contribution in [-0.4, -0.2) is 28.5 Å². The molecule has 0 atom stereocenters. The first-order chi connectivity index (χ1) is 9.85. The van der Waals surface area contributed by atoms with Crippen LogP contribution in [0.15, 0.2) is 41.1 Å². The number of anilines is 1. The van der Waals surface area contributed by atoms with Crippen molar-refractivity contribution in [2.75, 3.05) is 12.3 Å². The van der Waals surface area contributed by atoms with Crippen molar-refractivity contribution in [3.63, 3.8) is 0 Å². The van der Waals surface area contributed by atoms with Crippen LogP contribution in [0.2, 0.25) is 0 Å². The molecule has 1 amide bonds. The molecule has 2 aromatic rings. The molecular formula is C13H12F3N3O2. The Morgan fingerprint density at radius 2 is 2.10 bits per heavy atom. The van der Waals surface area contributed by atoms with E-state index in [0.29, 0.717) is 10.6 Å². The van der Waals surface area contributed by atoms with E-state index >= 15 is 0 Å². The van der Waals surface area contributed by atoms with Crippen LogP contribution in [-0.2, 0) is 6.54 Å². The molecule has 0 bridgehead atoms. The second-order valence-electron chi connectivity index (χ2n) is 4.33. The summed E-state index contributed by atoms with van der Waals surface area (Å²) < 4.78 is 42.8. The highest BCUT2D eigenvalue weighted by atomic mass is 19.4. The summed E-state index contributed by atoms with van der Waals surface area (Å²) in [6.07, 6.45) is -1.98. The Labute approximate surface area is 118 Å². The number of carbonyl (C=O) groups is 1. The molecule has 2 N–H and O–H groups in total. The molecule has 0 fully saturated rings. The summed E-state index contributed by atoms with van der Waals surface area (Å²) in [5, 5.41) is 0. The fourth-order valence-corrected chi connectivity index (χ4v) is 1.70. The minimum Gasteiger partial charge on any atom is -0.467 e. The number of nitrogens with zero attached hydrogens (tertiary/aromatic N) is 2. The van der Waals surface area contributed by atoms with Gasteiger partial charge in [-0.1, -0.05) is 0 Å². The smallest absolute Gasteiger partial charge is 0.406 e. The van der Waals surface area contributed by atoms with Gasteiger partial charge in [-0.25, -0.2) is 4.98 Å². The highest BCUT2D eigenvalue weighted by molar-refractivity contribution is 5.92. The van der Waals surface area contributed by atoms with Gasteiger partial charge in [0.05, 0.1) is 24.7 Å². The summed E-state index contributed by atoms with van der Waals surface area (Å²) in [4.78, 5) is 16.5.